The van der Waals surface area contributed by atoms with Crippen molar-refractivity contribution >= 4 is 33.4 Å². The maximum Gasteiger partial charge on any atom is 0.262 e. The van der Waals surface area contributed by atoms with E-state index < -0.39 is 33.8 Å². The highest BCUT2D eigenvalue weighted by atomic mass is 32.2. The number of amides is 3. The number of fused-ring (bicyclic) bond motifs is 1. The van der Waals surface area contributed by atoms with Crippen LogP contribution in [0.25, 0.3) is 0 Å². The Morgan fingerprint density at radius 1 is 0.971 bits per heavy atom. The van der Waals surface area contributed by atoms with E-state index in [0.29, 0.717) is 11.3 Å². The summed E-state index contributed by atoms with van der Waals surface area (Å²) in [6.45, 7) is 7.16. The minimum Gasteiger partial charge on any atom is -0.324 e. The third-order valence-electron chi connectivity index (χ3n) is 6.65. The highest BCUT2D eigenvalue weighted by Crippen LogP contribution is 2.30. The largest absolute Gasteiger partial charge is 0.324 e. The molecule has 0 unspecified atom stereocenters. The van der Waals surface area contributed by atoms with E-state index in [1.54, 1.807) is 22.5 Å². The summed E-state index contributed by atoms with van der Waals surface area (Å²) in [7, 11) is -3.66. The molecule has 9 heteroatoms. The van der Waals surface area contributed by atoms with Crippen LogP contribution < -0.4 is 5.32 Å². The van der Waals surface area contributed by atoms with Gasteiger partial charge in [-0.25, -0.2) is 8.42 Å². The van der Waals surface area contributed by atoms with Crippen LogP contribution in [0.4, 0.5) is 5.69 Å². The van der Waals surface area contributed by atoms with Crippen LogP contribution in [0, 0.1) is 6.92 Å². The average Bonchev–Trinajstić information content (AvgIpc) is 3.02. The molecule has 0 spiro atoms. The van der Waals surface area contributed by atoms with Crippen molar-refractivity contribution in [3.8, 4) is 0 Å². The molecule has 3 amide bonds. The monoisotopic (exact) mass is 483 g/mol. The quantitative estimate of drug-likeness (QED) is 0.655. The van der Waals surface area contributed by atoms with Gasteiger partial charge in [0, 0.05) is 17.8 Å². The number of benzene rings is 2. The fourth-order valence-electron chi connectivity index (χ4n) is 4.79. The van der Waals surface area contributed by atoms with Crippen molar-refractivity contribution in [2.24, 2.45) is 0 Å². The van der Waals surface area contributed by atoms with Crippen LogP contribution >= 0.6 is 0 Å². The lowest BCUT2D eigenvalue weighted by Crippen LogP contribution is -2.47. The van der Waals surface area contributed by atoms with E-state index in [1.807, 2.05) is 20.8 Å². The fraction of sp³-hybridized carbons (Fsp3) is 0.400. The molecule has 1 saturated heterocycles. The second-order valence-corrected chi connectivity index (χ2v) is 11.0. The molecule has 0 bridgehead atoms. The number of piperidine rings is 1. The van der Waals surface area contributed by atoms with Gasteiger partial charge >= 0.3 is 0 Å². The number of hydrogen-bond donors (Lipinski definition) is 1. The van der Waals surface area contributed by atoms with E-state index >= 15 is 0 Å². The number of anilines is 1. The molecule has 2 aliphatic rings. The summed E-state index contributed by atoms with van der Waals surface area (Å²) in [6.07, 6.45) is 2.66. The number of aryl methyl sites for hydroxylation is 1. The summed E-state index contributed by atoms with van der Waals surface area (Å²) < 4.78 is 27.9. The zero-order chi connectivity index (χ0) is 24.8. The van der Waals surface area contributed by atoms with Crippen LogP contribution in [-0.2, 0) is 14.8 Å². The Hall–Kier alpha value is -3.04. The van der Waals surface area contributed by atoms with E-state index in [2.05, 4.69) is 5.32 Å². The first-order valence-corrected chi connectivity index (χ1v) is 12.9. The van der Waals surface area contributed by atoms with Crippen LogP contribution in [0.5, 0.6) is 0 Å². The molecule has 2 aromatic rings. The number of carbonyl (C=O) groups excluding carboxylic acids is 3. The Balaban J connectivity index is 1.48. The van der Waals surface area contributed by atoms with E-state index in [-0.39, 0.29) is 22.5 Å². The minimum atomic E-state index is -3.66. The van der Waals surface area contributed by atoms with E-state index in [9.17, 15) is 22.8 Å². The first-order valence-electron chi connectivity index (χ1n) is 11.5. The van der Waals surface area contributed by atoms with Gasteiger partial charge in [0.15, 0.2) is 0 Å². The van der Waals surface area contributed by atoms with Gasteiger partial charge in [-0.2, -0.15) is 4.31 Å². The predicted octanol–water partition coefficient (Wildman–Crippen LogP) is 3.57. The Labute approximate surface area is 200 Å². The zero-order valence-corrected chi connectivity index (χ0v) is 20.6. The highest BCUT2D eigenvalue weighted by Gasteiger charge is 2.41. The summed E-state index contributed by atoms with van der Waals surface area (Å²) in [5.41, 5.74) is 1.80. The van der Waals surface area contributed by atoms with Crippen LogP contribution in [0.1, 0.15) is 66.3 Å². The van der Waals surface area contributed by atoms with Crippen molar-refractivity contribution in [3.63, 3.8) is 0 Å². The molecule has 0 saturated carbocycles. The van der Waals surface area contributed by atoms with Crippen molar-refractivity contribution in [3.05, 3.63) is 59.2 Å². The summed E-state index contributed by atoms with van der Waals surface area (Å²) in [5.74, 6) is -1.55. The number of nitrogens with zero attached hydrogens (tertiary/aromatic N) is 2. The Bertz CT molecular complexity index is 1250. The first kappa shape index (κ1) is 24.1. The van der Waals surface area contributed by atoms with Gasteiger partial charge in [0.05, 0.1) is 16.0 Å². The molecule has 2 aliphatic heterocycles. The average molecular weight is 484 g/mol. The van der Waals surface area contributed by atoms with Crippen molar-refractivity contribution in [2.45, 2.75) is 70.0 Å². The molecule has 2 aromatic carbocycles. The first-order chi connectivity index (χ1) is 16.0. The van der Waals surface area contributed by atoms with Crippen molar-refractivity contribution < 1.29 is 22.8 Å². The molecule has 0 aromatic heterocycles. The zero-order valence-electron chi connectivity index (χ0n) is 19.7. The van der Waals surface area contributed by atoms with Gasteiger partial charge in [-0.1, -0.05) is 18.1 Å². The highest BCUT2D eigenvalue weighted by molar-refractivity contribution is 7.89. The number of hydrogen-bond acceptors (Lipinski definition) is 5. The SMILES string of the molecule is Cc1ccc2c(c1)C(=O)N([C@@H](C)C(=O)Nc1ccc(S(=O)(=O)N3[C@H](C)CCC[C@@H]3C)cc1)C2=O. The van der Waals surface area contributed by atoms with E-state index in [0.717, 1.165) is 29.7 Å². The van der Waals surface area contributed by atoms with Crippen LogP contribution in [0.3, 0.4) is 0 Å². The molecular formula is C25H29N3O5S. The summed E-state index contributed by atoms with van der Waals surface area (Å²) in [4.78, 5) is 39.5. The van der Waals surface area contributed by atoms with Gasteiger partial charge < -0.3 is 5.32 Å². The van der Waals surface area contributed by atoms with Crippen LogP contribution in [0.2, 0.25) is 0 Å². The van der Waals surface area contributed by atoms with Crippen molar-refractivity contribution in [1.29, 1.82) is 0 Å². The third kappa shape index (κ3) is 4.14. The lowest BCUT2D eigenvalue weighted by Gasteiger charge is -2.37. The normalized spacial score (nSPS) is 21.9. The van der Waals surface area contributed by atoms with E-state index in [4.69, 9.17) is 0 Å². The maximum atomic E-state index is 13.2. The molecule has 4 rings (SSSR count). The van der Waals surface area contributed by atoms with Gasteiger partial charge in [-0.3, -0.25) is 19.3 Å². The molecule has 3 atom stereocenters. The molecule has 34 heavy (non-hydrogen) atoms. The van der Waals surface area contributed by atoms with Gasteiger partial charge in [-0.05, 0) is 76.9 Å². The lowest BCUT2D eigenvalue weighted by molar-refractivity contribution is -0.119. The predicted molar refractivity (Wildman–Crippen MR) is 128 cm³/mol. The summed E-state index contributed by atoms with van der Waals surface area (Å²) >= 11 is 0. The number of sulfonamides is 1. The second kappa shape index (κ2) is 8.96. The summed E-state index contributed by atoms with van der Waals surface area (Å²) in [5, 5.41) is 2.68. The van der Waals surface area contributed by atoms with Gasteiger partial charge in [0.1, 0.15) is 6.04 Å². The number of rotatable bonds is 5. The van der Waals surface area contributed by atoms with E-state index in [1.165, 1.54) is 31.2 Å². The van der Waals surface area contributed by atoms with Crippen molar-refractivity contribution in [2.75, 3.05) is 5.32 Å². The fourth-order valence-corrected chi connectivity index (χ4v) is 6.67. The third-order valence-corrected chi connectivity index (χ3v) is 8.79. The van der Waals surface area contributed by atoms with Crippen LogP contribution in [-0.4, -0.2) is 53.5 Å². The molecule has 8 nitrogen and oxygen atoms in total. The molecule has 1 N–H and O–H groups in total. The summed E-state index contributed by atoms with van der Waals surface area (Å²) in [6, 6.07) is 9.77. The molecule has 0 aliphatic carbocycles. The van der Waals surface area contributed by atoms with Crippen LogP contribution in [0.15, 0.2) is 47.4 Å². The van der Waals surface area contributed by atoms with Crippen molar-refractivity contribution in [1.82, 2.24) is 9.21 Å². The molecule has 2 heterocycles. The smallest absolute Gasteiger partial charge is 0.262 e. The number of nitrogens with one attached hydrogen (secondary N) is 1. The topological polar surface area (TPSA) is 104 Å². The Morgan fingerprint density at radius 2 is 1.56 bits per heavy atom. The molecule has 0 radical (unpaired) electrons. The molecule has 180 valence electrons. The number of imide groups is 1. The van der Waals surface area contributed by atoms with Gasteiger partial charge in [0.25, 0.3) is 11.8 Å². The minimum absolute atomic E-state index is 0.0718. The number of carbonyl (C=O) groups is 3. The maximum absolute atomic E-state index is 13.2. The molecule has 1 fully saturated rings. The Morgan fingerprint density at radius 3 is 2.18 bits per heavy atom. The lowest BCUT2D eigenvalue weighted by atomic mass is 10.0. The molecular weight excluding hydrogens is 454 g/mol. The van der Waals surface area contributed by atoms with Gasteiger partial charge in [-0.15, -0.1) is 0 Å². The Kier molecular flexibility index (Phi) is 6.35. The second-order valence-electron chi connectivity index (χ2n) is 9.18. The standard InChI is InChI=1S/C25H29N3O5S/c1-15-8-13-21-22(14-15)25(31)27(24(21)30)18(4)23(29)26-19-9-11-20(12-10-19)34(32,33)28-16(2)6-5-7-17(28)3/h8-14,16-18H,5-7H2,1-4H3,(H,26,29)/t16-,17+,18-/m0/s1. The van der Waals surface area contributed by atoms with Gasteiger partial charge in [0.2, 0.25) is 15.9 Å².